The molecular formula is C28H31FN4O5. The van der Waals surface area contributed by atoms with Gasteiger partial charge in [0.1, 0.15) is 23.9 Å². The van der Waals surface area contributed by atoms with Crippen LogP contribution in [0.3, 0.4) is 0 Å². The van der Waals surface area contributed by atoms with Crippen molar-refractivity contribution in [2.45, 2.75) is 12.5 Å². The number of hydrazone groups is 1. The third-order valence-electron chi connectivity index (χ3n) is 6.45. The Morgan fingerprint density at radius 3 is 2.55 bits per heavy atom. The third kappa shape index (κ3) is 5.70. The lowest BCUT2D eigenvalue weighted by Gasteiger charge is -2.27. The predicted molar refractivity (Wildman–Crippen MR) is 140 cm³/mol. The normalized spacial score (nSPS) is 14.8. The number of nitrogens with zero attached hydrogens (tertiary/aromatic N) is 4. The van der Waals surface area contributed by atoms with Crippen LogP contribution >= 0.6 is 0 Å². The van der Waals surface area contributed by atoms with Crippen molar-refractivity contribution in [2.24, 2.45) is 12.1 Å². The average molecular weight is 523 g/mol. The lowest BCUT2D eigenvalue weighted by Crippen LogP contribution is -2.42. The van der Waals surface area contributed by atoms with Gasteiger partial charge >= 0.3 is 0 Å². The lowest BCUT2D eigenvalue weighted by molar-refractivity contribution is -0.133. The standard InChI is InChI=1S/C28H31FN4O5/c1-31-12-6-9-24(31)23-17-25(22-16-21(37-3)10-11-26(22)38-4)33(30-23)27(34)18-32(13-14-36-2)28(35)19-7-5-8-20(29)15-19/h5-12,15-16,25H,13-14,17-18H2,1-4H3/t25-/m1/s1. The summed E-state index contributed by atoms with van der Waals surface area (Å²) in [4.78, 5) is 28.4. The number of hydrogen-bond donors (Lipinski definition) is 0. The van der Waals surface area contributed by atoms with Gasteiger partial charge < -0.3 is 23.7 Å². The van der Waals surface area contributed by atoms with E-state index in [4.69, 9.17) is 19.3 Å². The Bertz CT molecular complexity index is 1340. The number of methoxy groups -OCH3 is 3. The molecule has 0 aliphatic carbocycles. The molecule has 0 saturated carbocycles. The van der Waals surface area contributed by atoms with Gasteiger partial charge in [0.2, 0.25) is 0 Å². The lowest BCUT2D eigenvalue weighted by atomic mass is 9.99. The van der Waals surface area contributed by atoms with E-state index in [1.54, 1.807) is 26.4 Å². The summed E-state index contributed by atoms with van der Waals surface area (Å²) >= 11 is 0. The summed E-state index contributed by atoms with van der Waals surface area (Å²) in [6, 6.07) is 14.1. The van der Waals surface area contributed by atoms with Crippen molar-refractivity contribution in [1.29, 1.82) is 0 Å². The van der Waals surface area contributed by atoms with Crippen molar-refractivity contribution >= 4 is 17.5 Å². The fourth-order valence-electron chi connectivity index (χ4n) is 4.49. The Morgan fingerprint density at radius 2 is 1.89 bits per heavy atom. The third-order valence-corrected chi connectivity index (χ3v) is 6.45. The fourth-order valence-corrected chi connectivity index (χ4v) is 4.49. The first-order valence-electron chi connectivity index (χ1n) is 12.1. The Balaban J connectivity index is 1.69. The average Bonchev–Trinajstić information content (AvgIpc) is 3.56. The van der Waals surface area contributed by atoms with Crippen molar-refractivity contribution in [2.75, 3.05) is 41.0 Å². The van der Waals surface area contributed by atoms with E-state index in [0.717, 1.165) is 23.0 Å². The summed E-state index contributed by atoms with van der Waals surface area (Å²) in [5.41, 5.74) is 2.47. The van der Waals surface area contributed by atoms with E-state index in [-0.39, 0.29) is 25.3 Å². The van der Waals surface area contributed by atoms with E-state index in [1.807, 2.05) is 36.0 Å². The van der Waals surface area contributed by atoms with Crippen molar-refractivity contribution in [3.63, 3.8) is 0 Å². The van der Waals surface area contributed by atoms with Gasteiger partial charge in [0, 0.05) is 44.4 Å². The maximum Gasteiger partial charge on any atom is 0.262 e. The molecule has 1 aliphatic heterocycles. The quantitative estimate of drug-likeness (QED) is 0.406. The molecule has 3 aromatic rings. The van der Waals surface area contributed by atoms with Crippen molar-refractivity contribution in [1.82, 2.24) is 14.5 Å². The van der Waals surface area contributed by atoms with Gasteiger partial charge in [-0.05, 0) is 48.5 Å². The summed E-state index contributed by atoms with van der Waals surface area (Å²) in [5.74, 6) is -0.205. The summed E-state index contributed by atoms with van der Waals surface area (Å²) in [7, 11) is 6.55. The molecule has 200 valence electrons. The van der Waals surface area contributed by atoms with Crippen molar-refractivity contribution in [3.8, 4) is 11.5 Å². The molecule has 0 radical (unpaired) electrons. The Kier molecular flexibility index (Phi) is 8.42. The molecule has 38 heavy (non-hydrogen) atoms. The Hall–Kier alpha value is -4.18. The molecule has 1 aromatic heterocycles. The Labute approximate surface area is 221 Å². The molecule has 0 spiro atoms. The summed E-state index contributed by atoms with van der Waals surface area (Å²) in [5, 5.41) is 6.11. The zero-order valence-electron chi connectivity index (χ0n) is 21.9. The topological polar surface area (TPSA) is 85.6 Å². The minimum atomic E-state index is -0.532. The molecule has 4 rings (SSSR count). The van der Waals surface area contributed by atoms with Crippen LogP contribution in [0.1, 0.15) is 34.1 Å². The van der Waals surface area contributed by atoms with Crippen LogP contribution in [0, 0.1) is 5.82 Å². The number of rotatable bonds is 10. The van der Waals surface area contributed by atoms with Gasteiger partial charge in [-0.15, -0.1) is 0 Å². The van der Waals surface area contributed by atoms with Crippen molar-refractivity contribution < 1.29 is 28.2 Å². The van der Waals surface area contributed by atoms with Crippen LogP contribution in [0.4, 0.5) is 4.39 Å². The van der Waals surface area contributed by atoms with Crippen molar-refractivity contribution in [3.05, 3.63) is 83.4 Å². The van der Waals surface area contributed by atoms with Crippen LogP contribution in [0.25, 0.3) is 0 Å². The summed E-state index contributed by atoms with van der Waals surface area (Å²) < 4.78 is 32.0. The number of halogens is 1. The maximum atomic E-state index is 13.8. The minimum absolute atomic E-state index is 0.146. The number of carbonyl (C=O) groups excluding carboxylic acids is 2. The first-order chi connectivity index (χ1) is 18.4. The SMILES string of the molecule is COCCN(CC(=O)N1N=C(c2cccn2C)C[C@@H]1c1cc(OC)ccc1OC)C(=O)c1cccc(F)c1. The van der Waals surface area contributed by atoms with Gasteiger partial charge in [-0.2, -0.15) is 5.10 Å². The van der Waals surface area contributed by atoms with E-state index < -0.39 is 23.7 Å². The second-order valence-electron chi connectivity index (χ2n) is 8.85. The van der Waals surface area contributed by atoms with E-state index in [1.165, 1.54) is 35.2 Å². The smallest absolute Gasteiger partial charge is 0.262 e. The van der Waals surface area contributed by atoms with Gasteiger partial charge in [0.15, 0.2) is 0 Å². The molecule has 2 amide bonds. The van der Waals surface area contributed by atoms with E-state index in [2.05, 4.69) is 0 Å². The molecule has 0 N–H and O–H groups in total. The highest BCUT2D eigenvalue weighted by Gasteiger charge is 2.37. The van der Waals surface area contributed by atoms with Crippen LogP contribution in [-0.4, -0.2) is 73.0 Å². The van der Waals surface area contributed by atoms with Gasteiger partial charge in [-0.3, -0.25) is 9.59 Å². The minimum Gasteiger partial charge on any atom is -0.497 e. The number of ether oxygens (including phenoxy) is 3. The number of amides is 2. The molecule has 1 aliphatic rings. The molecule has 0 bridgehead atoms. The molecule has 0 unspecified atom stereocenters. The van der Waals surface area contributed by atoms with Gasteiger partial charge in [0.05, 0.1) is 38.3 Å². The van der Waals surface area contributed by atoms with Crippen LogP contribution in [-0.2, 0) is 16.6 Å². The molecule has 9 nitrogen and oxygen atoms in total. The maximum absolute atomic E-state index is 13.8. The van der Waals surface area contributed by atoms with Crippen LogP contribution in [0.15, 0.2) is 65.9 Å². The fraction of sp³-hybridized carbons (Fsp3) is 0.321. The second-order valence-corrected chi connectivity index (χ2v) is 8.85. The first-order valence-corrected chi connectivity index (χ1v) is 12.1. The molecule has 10 heteroatoms. The van der Waals surface area contributed by atoms with Crippen LogP contribution in [0.5, 0.6) is 11.5 Å². The molecule has 0 saturated heterocycles. The number of carbonyl (C=O) groups is 2. The number of aryl methyl sites for hydroxylation is 1. The first kappa shape index (κ1) is 26.9. The zero-order chi connectivity index (χ0) is 27.2. The number of benzene rings is 2. The number of aromatic nitrogens is 1. The van der Waals surface area contributed by atoms with Gasteiger partial charge in [0.25, 0.3) is 11.8 Å². The predicted octanol–water partition coefficient (Wildman–Crippen LogP) is 3.65. The molecule has 2 heterocycles. The van der Waals surface area contributed by atoms with E-state index in [0.29, 0.717) is 17.9 Å². The largest absolute Gasteiger partial charge is 0.497 e. The van der Waals surface area contributed by atoms with Crippen LogP contribution in [0.2, 0.25) is 0 Å². The van der Waals surface area contributed by atoms with E-state index in [9.17, 15) is 14.0 Å². The van der Waals surface area contributed by atoms with Crippen LogP contribution < -0.4 is 9.47 Å². The van der Waals surface area contributed by atoms with Gasteiger partial charge in [-0.25, -0.2) is 9.40 Å². The second kappa shape index (κ2) is 11.9. The Morgan fingerprint density at radius 1 is 1.08 bits per heavy atom. The molecule has 1 atom stereocenters. The molecular weight excluding hydrogens is 491 g/mol. The molecule has 0 fully saturated rings. The zero-order valence-corrected chi connectivity index (χ0v) is 21.9. The highest BCUT2D eigenvalue weighted by atomic mass is 19.1. The van der Waals surface area contributed by atoms with E-state index >= 15 is 0 Å². The summed E-state index contributed by atoms with van der Waals surface area (Å²) in [6.45, 7) is 0.0811. The summed E-state index contributed by atoms with van der Waals surface area (Å²) in [6.07, 6.45) is 2.34. The molecule has 2 aromatic carbocycles. The van der Waals surface area contributed by atoms with Gasteiger partial charge in [-0.1, -0.05) is 6.07 Å². The monoisotopic (exact) mass is 522 g/mol. The highest BCUT2D eigenvalue weighted by Crippen LogP contribution is 2.39. The number of hydrogen-bond acceptors (Lipinski definition) is 6. The highest BCUT2D eigenvalue weighted by molar-refractivity contribution is 6.03.